The molecule has 0 aliphatic carbocycles. The third-order valence-corrected chi connectivity index (χ3v) is 6.41. The van der Waals surface area contributed by atoms with E-state index in [-0.39, 0.29) is 5.56 Å². The van der Waals surface area contributed by atoms with E-state index < -0.39 is 6.09 Å². The first-order valence-corrected chi connectivity index (χ1v) is 12.0. The Labute approximate surface area is 211 Å². The molecular weight excluding hydrogens is 452 g/mol. The van der Waals surface area contributed by atoms with Gasteiger partial charge in [-0.3, -0.25) is 4.79 Å². The first-order chi connectivity index (χ1) is 17.3. The Kier molecular flexibility index (Phi) is 7.71. The average Bonchev–Trinajstić information content (AvgIpc) is 3.12. The van der Waals surface area contributed by atoms with Gasteiger partial charge >= 0.3 is 6.09 Å². The van der Waals surface area contributed by atoms with Crippen LogP contribution >= 0.6 is 0 Å². The van der Waals surface area contributed by atoms with Crippen LogP contribution in [-0.4, -0.2) is 15.2 Å². The fourth-order valence-electron chi connectivity index (χ4n) is 4.22. The Morgan fingerprint density at radius 3 is 2.28 bits per heavy atom. The van der Waals surface area contributed by atoms with Gasteiger partial charge in [0.1, 0.15) is 0 Å². The van der Waals surface area contributed by atoms with Crippen molar-refractivity contribution in [1.82, 2.24) is 14.5 Å². The Bertz CT molecular complexity index is 1420. The van der Waals surface area contributed by atoms with E-state index in [1.54, 1.807) is 22.9 Å². The summed E-state index contributed by atoms with van der Waals surface area (Å²) in [6.45, 7) is 8.01. The molecule has 4 aromatic rings. The van der Waals surface area contributed by atoms with Crippen LogP contribution in [0.1, 0.15) is 39.2 Å². The summed E-state index contributed by atoms with van der Waals surface area (Å²) in [6.07, 6.45) is 1.30. The number of nitrogens with one attached hydrogen (secondary N) is 1. The second-order valence-electron chi connectivity index (χ2n) is 9.01. The van der Waals surface area contributed by atoms with Gasteiger partial charge in [-0.1, -0.05) is 48.5 Å². The first kappa shape index (κ1) is 25.0. The number of aryl methyl sites for hydroxylation is 2. The predicted molar refractivity (Wildman–Crippen MR) is 141 cm³/mol. The fraction of sp³-hybridized carbons (Fsp3) is 0.241. The second kappa shape index (κ2) is 11.1. The van der Waals surface area contributed by atoms with E-state index in [9.17, 15) is 9.59 Å². The van der Waals surface area contributed by atoms with Crippen molar-refractivity contribution < 1.29 is 9.53 Å². The lowest BCUT2D eigenvalue weighted by molar-refractivity contribution is 0.199. The van der Waals surface area contributed by atoms with Crippen LogP contribution in [0.3, 0.4) is 0 Å². The van der Waals surface area contributed by atoms with Gasteiger partial charge in [0.05, 0.1) is 12.2 Å². The smallest absolute Gasteiger partial charge is 0.408 e. The zero-order chi connectivity index (χ0) is 25.7. The van der Waals surface area contributed by atoms with Crippen molar-refractivity contribution in [3.8, 4) is 5.75 Å². The summed E-state index contributed by atoms with van der Waals surface area (Å²) in [5.41, 5.74) is 12.9. The van der Waals surface area contributed by atoms with Crippen molar-refractivity contribution in [3.05, 3.63) is 122 Å². The number of carbonyl (C=O) groups excluding carboxylic acids is 1. The monoisotopic (exact) mass is 484 g/mol. The van der Waals surface area contributed by atoms with Crippen molar-refractivity contribution in [3.63, 3.8) is 0 Å². The molecule has 0 saturated carbocycles. The highest BCUT2D eigenvalue weighted by Crippen LogP contribution is 2.24. The SMILES string of the molecule is Cc1cc(CN)ccc1CNC(=O)Oc1cc(C)n(Cc2ccc(Cn3ccccc3=O)cc2)c1C. The molecule has 0 radical (unpaired) electrons. The highest BCUT2D eigenvalue weighted by molar-refractivity contribution is 5.71. The van der Waals surface area contributed by atoms with Gasteiger partial charge in [-0.15, -0.1) is 0 Å². The lowest BCUT2D eigenvalue weighted by atomic mass is 10.1. The summed E-state index contributed by atoms with van der Waals surface area (Å²) in [5, 5.41) is 2.84. The number of rotatable bonds is 8. The van der Waals surface area contributed by atoms with Crippen LogP contribution < -0.4 is 21.3 Å². The number of pyridine rings is 1. The van der Waals surface area contributed by atoms with E-state index in [0.717, 1.165) is 39.2 Å². The summed E-state index contributed by atoms with van der Waals surface area (Å²) in [6, 6.07) is 21.2. The largest absolute Gasteiger partial charge is 0.412 e. The van der Waals surface area contributed by atoms with Gasteiger partial charge in [-0.05, 0) is 54.7 Å². The number of ether oxygens (including phenoxy) is 1. The van der Waals surface area contributed by atoms with E-state index in [1.807, 2.05) is 63.2 Å². The molecule has 186 valence electrons. The minimum absolute atomic E-state index is 0.0173. The third-order valence-electron chi connectivity index (χ3n) is 6.41. The fourth-order valence-corrected chi connectivity index (χ4v) is 4.22. The van der Waals surface area contributed by atoms with Crippen LogP contribution in [0.2, 0.25) is 0 Å². The van der Waals surface area contributed by atoms with Gasteiger partial charge in [0, 0.05) is 43.7 Å². The molecule has 0 unspecified atom stereocenters. The molecule has 3 N–H and O–H groups in total. The maximum atomic E-state index is 12.5. The quantitative estimate of drug-likeness (QED) is 0.387. The lowest BCUT2D eigenvalue weighted by Gasteiger charge is -2.12. The number of hydrogen-bond acceptors (Lipinski definition) is 4. The minimum Gasteiger partial charge on any atom is -0.408 e. The van der Waals surface area contributed by atoms with Gasteiger partial charge in [-0.25, -0.2) is 4.79 Å². The number of carbonyl (C=O) groups is 1. The van der Waals surface area contributed by atoms with Crippen molar-refractivity contribution in [2.45, 2.75) is 47.0 Å². The Hall–Kier alpha value is -4.10. The Balaban J connectivity index is 1.37. The van der Waals surface area contributed by atoms with Gasteiger partial charge < -0.3 is 24.9 Å². The van der Waals surface area contributed by atoms with Crippen LogP contribution in [0.15, 0.2) is 77.7 Å². The number of nitrogens with two attached hydrogens (primary N) is 1. The highest BCUT2D eigenvalue weighted by Gasteiger charge is 2.14. The molecule has 2 aromatic carbocycles. The van der Waals surface area contributed by atoms with Crippen molar-refractivity contribution in [2.75, 3.05) is 0 Å². The summed E-state index contributed by atoms with van der Waals surface area (Å²) >= 11 is 0. The van der Waals surface area contributed by atoms with Gasteiger partial charge in [0.15, 0.2) is 5.75 Å². The van der Waals surface area contributed by atoms with Crippen LogP contribution in [0.25, 0.3) is 0 Å². The maximum Gasteiger partial charge on any atom is 0.412 e. The maximum absolute atomic E-state index is 12.5. The molecule has 0 aliphatic rings. The molecule has 2 aromatic heterocycles. The summed E-state index contributed by atoms with van der Waals surface area (Å²) in [5.74, 6) is 0.542. The molecule has 0 bridgehead atoms. The Morgan fingerprint density at radius 1 is 0.917 bits per heavy atom. The molecule has 7 heteroatoms. The number of benzene rings is 2. The van der Waals surface area contributed by atoms with Crippen molar-refractivity contribution in [2.24, 2.45) is 5.73 Å². The van der Waals surface area contributed by atoms with Crippen molar-refractivity contribution in [1.29, 1.82) is 0 Å². The molecule has 36 heavy (non-hydrogen) atoms. The normalized spacial score (nSPS) is 10.9. The van der Waals surface area contributed by atoms with E-state index >= 15 is 0 Å². The van der Waals surface area contributed by atoms with E-state index in [1.165, 1.54) is 0 Å². The molecule has 2 heterocycles. The zero-order valence-electron chi connectivity index (χ0n) is 21.0. The van der Waals surface area contributed by atoms with Crippen molar-refractivity contribution >= 4 is 6.09 Å². The summed E-state index contributed by atoms with van der Waals surface area (Å²) in [7, 11) is 0. The lowest BCUT2D eigenvalue weighted by Crippen LogP contribution is -2.26. The molecule has 0 saturated heterocycles. The molecule has 0 fully saturated rings. The minimum atomic E-state index is -0.488. The first-order valence-electron chi connectivity index (χ1n) is 12.0. The summed E-state index contributed by atoms with van der Waals surface area (Å²) in [4.78, 5) is 24.4. The summed E-state index contributed by atoms with van der Waals surface area (Å²) < 4.78 is 9.43. The topological polar surface area (TPSA) is 91.3 Å². The molecule has 0 aliphatic heterocycles. The van der Waals surface area contributed by atoms with E-state index in [2.05, 4.69) is 22.0 Å². The standard InChI is InChI=1S/C29H32N4O3/c1-20-14-25(16-30)11-12-26(20)17-31-29(35)36-27-15-21(2)33(22(27)3)19-24-9-7-23(8-10-24)18-32-13-5-4-6-28(32)34/h4-15H,16-19,30H2,1-3H3,(H,31,35). The highest BCUT2D eigenvalue weighted by atomic mass is 16.6. The number of amides is 1. The van der Waals surface area contributed by atoms with Crippen LogP contribution in [0.5, 0.6) is 5.75 Å². The number of aromatic nitrogens is 2. The zero-order valence-corrected chi connectivity index (χ0v) is 21.0. The van der Waals surface area contributed by atoms with Crippen LogP contribution in [0.4, 0.5) is 4.79 Å². The molecule has 0 atom stereocenters. The second-order valence-corrected chi connectivity index (χ2v) is 9.01. The average molecular weight is 485 g/mol. The van der Waals surface area contributed by atoms with E-state index in [0.29, 0.717) is 31.9 Å². The molecule has 0 spiro atoms. The molecule has 7 nitrogen and oxygen atoms in total. The van der Waals surface area contributed by atoms with E-state index in [4.69, 9.17) is 10.5 Å². The van der Waals surface area contributed by atoms with Gasteiger partial charge in [-0.2, -0.15) is 0 Å². The van der Waals surface area contributed by atoms with Gasteiger partial charge in [0.25, 0.3) is 5.56 Å². The predicted octanol–water partition coefficient (Wildman–Crippen LogP) is 4.42. The van der Waals surface area contributed by atoms with Crippen LogP contribution in [-0.2, 0) is 26.2 Å². The molecule has 4 rings (SSSR count). The Morgan fingerprint density at radius 2 is 1.61 bits per heavy atom. The van der Waals surface area contributed by atoms with Gasteiger partial charge in [0.2, 0.25) is 0 Å². The third kappa shape index (κ3) is 5.93. The number of nitrogens with zero attached hydrogens (tertiary/aromatic N) is 2. The van der Waals surface area contributed by atoms with Crippen LogP contribution in [0, 0.1) is 20.8 Å². The molecule has 1 amide bonds. The number of hydrogen-bond donors (Lipinski definition) is 2. The molecular formula is C29H32N4O3.